The highest BCUT2D eigenvalue weighted by Crippen LogP contribution is 2.35. The second-order valence-corrected chi connectivity index (χ2v) is 8.47. The van der Waals surface area contributed by atoms with E-state index in [1.807, 2.05) is 48.5 Å². The number of aliphatic carboxylic acids is 1. The van der Waals surface area contributed by atoms with Crippen LogP contribution in [0.15, 0.2) is 72.8 Å². The number of aromatic hydroxyl groups is 1. The van der Waals surface area contributed by atoms with Gasteiger partial charge in [-0.15, -0.1) is 0 Å². The predicted octanol–water partition coefficient (Wildman–Crippen LogP) is 4.59. The third kappa shape index (κ3) is 5.05. The van der Waals surface area contributed by atoms with Crippen molar-refractivity contribution in [3.63, 3.8) is 0 Å². The van der Waals surface area contributed by atoms with Crippen molar-refractivity contribution < 1.29 is 24.9 Å². The summed E-state index contributed by atoms with van der Waals surface area (Å²) in [4.78, 5) is 26.0. The van der Waals surface area contributed by atoms with Crippen LogP contribution in [0.2, 0.25) is 0 Å². The molecule has 1 saturated heterocycles. The molecule has 1 aliphatic heterocycles. The first-order valence-corrected chi connectivity index (χ1v) is 11.4. The normalized spacial score (nSPS) is 15.5. The Bertz CT molecular complexity index is 1160. The van der Waals surface area contributed by atoms with Crippen molar-refractivity contribution in [3.05, 3.63) is 95.1 Å². The predicted molar refractivity (Wildman–Crippen MR) is 129 cm³/mol. The first-order chi connectivity index (χ1) is 16.5. The van der Waals surface area contributed by atoms with Crippen molar-refractivity contribution in [3.8, 4) is 5.75 Å². The first kappa shape index (κ1) is 23.3. The Kier molecular flexibility index (Phi) is 7.13. The highest BCUT2D eigenvalue weighted by molar-refractivity contribution is 5.91. The van der Waals surface area contributed by atoms with Crippen LogP contribution in [-0.2, 0) is 4.79 Å². The van der Waals surface area contributed by atoms with Gasteiger partial charge >= 0.3 is 11.9 Å². The van der Waals surface area contributed by atoms with Gasteiger partial charge < -0.3 is 20.2 Å². The first-order valence-electron chi connectivity index (χ1n) is 11.4. The number of rotatable bonds is 8. The molecule has 4 rings (SSSR count). The molecule has 1 fully saturated rings. The van der Waals surface area contributed by atoms with Crippen molar-refractivity contribution in [1.29, 1.82) is 0 Å². The highest BCUT2D eigenvalue weighted by atomic mass is 16.4. The van der Waals surface area contributed by atoms with E-state index in [9.17, 15) is 24.9 Å². The number of para-hydroxylation sites is 1. The molecular weight excluding hydrogens is 432 g/mol. The Morgan fingerprint density at radius 3 is 2.15 bits per heavy atom. The van der Waals surface area contributed by atoms with Gasteiger partial charge in [-0.3, -0.25) is 10.1 Å². The Morgan fingerprint density at radius 2 is 1.50 bits per heavy atom. The van der Waals surface area contributed by atoms with Crippen LogP contribution in [-0.4, -0.2) is 40.3 Å². The SMILES string of the molecule is O=C(O)c1ccc(C(NC(c2ccccc2)c2ccccc2N2CCCCC2)C(=O)O)cc1O. The van der Waals surface area contributed by atoms with Gasteiger partial charge in [0.25, 0.3) is 0 Å². The van der Waals surface area contributed by atoms with E-state index in [1.165, 1.54) is 24.6 Å². The molecule has 0 amide bonds. The third-order valence-corrected chi connectivity index (χ3v) is 6.24. The van der Waals surface area contributed by atoms with Crippen molar-refractivity contribution >= 4 is 17.6 Å². The summed E-state index contributed by atoms with van der Waals surface area (Å²) < 4.78 is 0. The van der Waals surface area contributed by atoms with E-state index in [0.29, 0.717) is 0 Å². The van der Waals surface area contributed by atoms with Gasteiger partial charge in [-0.05, 0) is 54.2 Å². The van der Waals surface area contributed by atoms with Crippen molar-refractivity contribution in [2.45, 2.75) is 31.3 Å². The summed E-state index contributed by atoms with van der Waals surface area (Å²) in [6.45, 7) is 1.90. The molecule has 7 heteroatoms. The second-order valence-electron chi connectivity index (χ2n) is 8.47. The van der Waals surface area contributed by atoms with Gasteiger partial charge in [0.1, 0.15) is 17.4 Å². The molecule has 2 unspecified atom stereocenters. The molecule has 0 aliphatic carbocycles. The number of hydrogen-bond donors (Lipinski definition) is 4. The minimum Gasteiger partial charge on any atom is -0.507 e. The number of piperidine rings is 1. The van der Waals surface area contributed by atoms with Crippen LogP contribution in [0.4, 0.5) is 5.69 Å². The van der Waals surface area contributed by atoms with E-state index in [-0.39, 0.29) is 11.1 Å². The summed E-state index contributed by atoms with van der Waals surface area (Å²) in [5.41, 5.74) is 2.93. The van der Waals surface area contributed by atoms with Gasteiger partial charge in [0.15, 0.2) is 0 Å². The van der Waals surface area contributed by atoms with Crippen molar-refractivity contribution in [2.75, 3.05) is 18.0 Å². The van der Waals surface area contributed by atoms with E-state index in [1.54, 1.807) is 0 Å². The summed E-state index contributed by atoms with van der Waals surface area (Å²) >= 11 is 0. The second kappa shape index (κ2) is 10.4. The Morgan fingerprint density at radius 1 is 0.824 bits per heavy atom. The molecule has 1 aliphatic rings. The van der Waals surface area contributed by atoms with Crippen LogP contribution in [0.5, 0.6) is 5.75 Å². The summed E-state index contributed by atoms with van der Waals surface area (Å²) in [5.74, 6) is -2.87. The molecule has 34 heavy (non-hydrogen) atoms. The molecule has 0 bridgehead atoms. The van der Waals surface area contributed by atoms with Crippen LogP contribution < -0.4 is 10.2 Å². The van der Waals surface area contributed by atoms with E-state index in [2.05, 4.69) is 16.3 Å². The largest absolute Gasteiger partial charge is 0.507 e. The summed E-state index contributed by atoms with van der Waals surface area (Å²) in [5, 5.41) is 32.7. The zero-order valence-electron chi connectivity index (χ0n) is 18.7. The van der Waals surface area contributed by atoms with Gasteiger partial charge in [0.2, 0.25) is 0 Å². The topological polar surface area (TPSA) is 110 Å². The number of phenols is 1. The van der Waals surface area contributed by atoms with Gasteiger partial charge in [-0.25, -0.2) is 4.79 Å². The fourth-order valence-electron chi connectivity index (χ4n) is 4.55. The van der Waals surface area contributed by atoms with Gasteiger partial charge in [-0.1, -0.05) is 54.6 Å². The average Bonchev–Trinajstić information content (AvgIpc) is 2.85. The molecule has 0 aromatic heterocycles. The molecule has 3 aromatic carbocycles. The van der Waals surface area contributed by atoms with Gasteiger partial charge in [0.05, 0.1) is 6.04 Å². The van der Waals surface area contributed by atoms with Crippen LogP contribution in [0.3, 0.4) is 0 Å². The lowest BCUT2D eigenvalue weighted by Crippen LogP contribution is -2.35. The van der Waals surface area contributed by atoms with Gasteiger partial charge in [-0.2, -0.15) is 0 Å². The minimum atomic E-state index is -1.28. The Hall–Kier alpha value is -3.84. The molecule has 0 saturated carbocycles. The fraction of sp³-hybridized carbons (Fsp3) is 0.259. The number of anilines is 1. The molecule has 1 heterocycles. The number of aromatic carboxylic acids is 1. The fourth-order valence-corrected chi connectivity index (χ4v) is 4.55. The average molecular weight is 461 g/mol. The number of nitrogens with zero attached hydrogens (tertiary/aromatic N) is 1. The van der Waals surface area contributed by atoms with Crippen LogP contribution in [0.25, 0.3) is 0 Å². The molecule has 0 radical (unpaired) electrons. The summed E-state index contributed by atoms with van der Waals surface area (Å²) in [6.07, 6.45) is 3.44. The van der Waals surface area contributed by atoms with Gasteiger partial charge in [0, 0.05) is 18.8 Å². The maximum absolute atomic E-state index is 12.3. The number of nitrogens with one attached hydrogen (secondary N) is 1. The maximum atomic E-state index is 12.3. The Labute approximate surface area is 198 Å². The standard InChI is InChI=1S/C27H28N2O5/c30-23-17-19(13-14-21(23)26(31)32)25(27(33)34)28-24(18-9-3-1-4-10-18)20-11-5-6-12-22(20)29-15-7-2-8-16-29/h1,3-6,9-14,17,24-25,28,30H,2,7-8,15-16H2,(H,31,32)(H,33,34). The number of benzene rings is 3. The van der Waals surface area contributed by atoms with E-state index >= 15 is 0 Å². The quantitative estimate of drug-likeness (QED) is 0.389. The molecule has 0 spiro atoms. The number of carbonyl (C=O) groups is 2. The van der Waals surface area contributed by atoms with E-state index in [0.717, 1.165) is 42.7 Å². The van der Waals surface area contributed by atoms with E-state index in [4.69, 9.17) is 0 Å². The monoisotopic (exact) mass is 460 g/mol. The number of hydrogen-bond acceptors (Lipinski definition) is 5. The molecule has 4 N–H and O–H groups in total. The maximum Gasteiger partial charge on any atom is 0.339 e. The zero-order valence-corrected chi connectivity index (χ0v) is 18.7. The molecule has 3 aromatic rings. The summed E-state index contributed by atoms with van der Waals surface area (Å²) in [7, 11) is 0. The van der Waals surface area contributed by atoms with Crippen LogP contribution in [0.1, 0.15) is 58.4 Å². The Balaban J connectivity index is 1.76. The molecule has 176 valence electrons. The van der Waals surface area contributed by atoms with E-state index < -0.39 is 29.8 Å². The zero-order chi connectivity index (χ0) is 24.1. The number of carboxylic acids is 2. The van der Waals surface area contributed by atoms with Crippen molar-refractivity contribution in [1.82, 2.24) is 5.32 Å². The molecule has 7 nitrogen and oxygen atoms in total. The smallest absolute Gasteiger partial charge is 0.339 e. The molecule has 2 atom stereocenters. The van der Waals surface area contributed by atoms with Crippen LogP contribution >= 0.6 is 0 Å². The molecular formula is C27H28N2O5. The lowest BCUT2D eigenvalue weighted by atomic mass is 9.93. The summed E-state index contributed by atoms with van der Waals surface area (Å²) in [6, 6.07) is 19.9. The lowest BCUT2D eigenvalue weighted by molar-refractivity contribution is -0.139. The van der Waals surface area contributed by atoms with Crippen molar-refractivity contribution in [2.24, 2.45) is 0 Å². The lowest BCUT2D eigenvalue weighted by Gasteiger charge is -2.34. The third-order valence-electron chi connectivity index (χ3n) is 6.24. The van der Waals surface area contributed by atoms with Crippen LogP contribution in [0, 0.1) is 0 Å². The minimum absolute atomic E-state index is 0.270. The highest BCUT2D eigenvalue weighted by Gasteiger charge is 2.29. The number of carboxylic acid groups (broad SMARTS) is 2.